The van der Waals surface area contributed by atoms with Gasteiger partial charge in [-0.15, -0.1) is 6.58 Å². The molecule has 1 heterocycles. The number of hydrogen-bond donors (Lipinski definition) is 1. The number of nitrogens with zero attached hydrogens (tertiary/aromatic N) is 1. The van der Waals surface area contributed by atoms with Crippen molar-refractivity contribution in [3.05, 3.63) is 12.7 Å². The highest BCUT2D eigenvalue weighted by molar-refractivity contribution is 7.88. The second kappa shape index (κ2) is 6.52. The third kappa shape index (κ3) is 5.19. The normalized spacial score (nSPS) is 21.3. The second-order valence-electron chi connectivity index (χ2n) is 4.87. The molecule has 0 saturated carbocycles. The molecule has 4 nitrogen and oxygen atoms in total. The fraction of sp³-hybridized carbons (Fsp3) is 0.833. The highest BCUT2D eigenvalue weighted by Gasteiger charge is 2.25. The van der Waals surface area contributed by atoms with Gasteiger partial charge in [-0.2, -0.15) is 0 Å². The van der Waals surface area contributed by atoms with E-state index in [1.165, 1.54) is 6.26 Å². The Morgan fingerprint density at radius 3 is 2.53 bits per heavy atom. The highest BCUT2D eigenvalue weighted by Crippen LogP contribution is 2.14. The lowest BCUT2D eigenvalue weighted by atomic mass is 10.0. The molecule has 1 aliphatic rings. The number of piperidine rings is 1. The number of rotatable bonds is 6. The van der Waals surface area contributed by atoms with E-state index in [0.717, 1.165) is 25.7 Å². The molecule has 17 heavy (non-hydrogen) atoms. The van der Waals surface area contributed by atoms with Crippen molar-refractivity contribution >= 4 is 10.0 Å². The van der Waals surface area contributed by atoms with E-state index in [0.29, 0.717) is 25.2 Å². The zero-order valence-corrected chi connectivity index (χ0v) is 11.7. The van der Waals surface area contributed by atoms with E-state index >= 15 is 0 Å². The molecule has 1 rings (SSSR count). The van der Waals surface area contributed by atoms with Crippen LogP contribution in [0.1, 0.15) is 32.6 Å². The van der Waals surface area contributed by atoms with Crippen molar-refractivity contribution in [3.8, 4) is 0 Å². The van der Waals surface area contributed by atoms with Crippen molar-refractivity contribution in [2.75, 3.05) is 19.3 Å². The topological polar surface area (TPSA) is 49.4 Å². The Labute approximate surface area is 105 Å². The number of sulfonamides is 1. The zero-order chi connectivity index (χ0) is 12.9. The Morgan fingerprint density at radius 2 is 2.06 bits per heavy atom. The Balaban J connectivity index is 2.30. The van der Waals surface area contributed by atoms with Gasteiger partial charge in [0.2, 0.25) is 10.0 Å². The molecule has 1 fully saturated rings. The van der Waals surface area contributed by atoms with Crippen LogP contribution in [0.15, 0.2) is 12.7 Å². The summed E-state index contributed by atoms with van der Waals surface area (Å²) in [4.78, 5) is 0. The van der Waals surface area contributed by atoms with Gasteiger partial charge in [-0.25, -0.2) is 12.7 Å². The molecule has 0 aromatic rings. The van der Waals surface area contributed by atoms with Gasteiger partial charge in [-0.05, 0) is 32.6 Å². The second-order valence-corrected chi connectivity index (χ2v) is 6.85. The van der Waals surface area contributed by atoms with Gasteiger partial charge >= 0.3 is 0 Å². The van der Waals surface area contributed by atoms with Crippen LogP contribution in [-0.4, -0.2) is 44.2 Å². The molecule has 0 radical (unpaired) electrons. The molecule has 0 spiro atoms. The van der Waals surface area contributed by atoms with Crippen LogP contribution in [0.25, 0.3) is 0 Å². The van der Waals surface area contributed by atoms with E-state index in [4.69, 9.17) is 0 Å². The molecule has 1 saturated heterocycles. The van der Waals surface area contributed by atoms with Gasteiger partial charge in [0.1, 0.15) is 0 Å². The number of hydrogen-bond acceptors (Lipinski definition) is 3. The van der Waals surface area contributed by atoms with Crippen LogP contribution in [-0.2, 0) is 10.0 Å². The summed E-state index contributed by atoms with van der Waals surface area (Å²) in [6.45, 7) is 7.18. The van der Waals surface area contributed by atoms with E-state index < -0.39 is 10.0 Å². The van der Waals surface area contributed by atoms with Gasteiger partial charge in [0.15, 0.2) is 0 Å². The summed E-state index contributed by atoms with van der Waals surface area (Å²) in [6.07, 6.45) is 7.15. The highest BCUT2D eigenvalue weighted by atomic mass is 32.2. The molecule has 1 atom stereocenters. The van der Waals surface area contributed by atoms with Crippen LogP contribution in [0, 0.1) is 0 Å². The summed E-state index contributed by atoms with van der Waals surface area (Å²) < 4.78 is 24.3. The van der Waals surface area contributed by atoms with Crippen molar-refractivity contribution < 1.29 is 8.42 Å². The van der Waals surface area contributed by atoms with E-state index in [2.05, 4.69) is 18.8 Å². The van der Waals surface area contributed by atoms with Gasteiger partial charge in [0.25, 0.3) is 0 Å². The first kappa shape index (κ1) is 14.7. The third-order valence-electron chi connectivity index (χ3n) is 3.25. The van der Waals surface area contributed by atoms with Crippen LogP contribution in [0.4, 0.5) is 0 Å². The molecule has 0 aromatic carbocycles. The number of allylic oxidation sites excluding steroid dienone is 1. The number of nitrogens with one attached hydrogen (secondary N) is 1. The van der Waals surface area contributed by atoms with Gasteiger partial charge in [0.05, 0.1) is 6.26 Å². The molecule has 1 N–H and O–H groups in total. The van der Waals surface area contributed by atoms with E-state index in [9.17, 15) is 8.42 Å². The van der Waals surface area contributed by atoms with Crippen molar-refractivity contribution in [2.45, 2.75) is 44.7 Å². The van der Waals surface area contributed by atoms with Crippen LogP contribution in [0.2, 0.25) is 0 Å². The molecule has 0 bridgehead atoms. The Morgan fingerprint density at radius 1 is 1.47 bits per heavy atom. The largest absolute Gasteiger partial charge is 0.311 e. The van der Waals surface area contributed by atoms with Crippen molar-refractivity contribution in [1.82, 2.24) is 9.62 Å². The minimum atomic E-state index is -3.00. The smallest absolute Gasteiger partial charge is 0.211 e. The molecule has 1 unspecified atom stereocenters. The van der Waals surface area contributed by atoms with Crippen LogP contribution >= 0.6 is 0 Å². The molecule has 0 aromatic heterocycles. The maximum absolute atomic E-state index is 11.4. The van der Waals surface area contributed by atoms with Crippen LogP contribution in [0.5, 0.6) is 0 Å². The molecule has 1 aliphatic heterocycles. The van der Waals surface area contributed by atoms with Crippen LogP contribution < -0.4 is 5.32 Å². The average Bonchev–Trinajstić information content (AvgIpc) is 2.26. The maximum atomic E-state index is 11.4. The predicted octanol–water partition coefficient (Wildman–Crippen LogP) is 1.35. The lowest BCUT2D eigenvalue weighted by molar-refractivity contribution is 0.274. The summed E-state index contributed by atoms with van der Waals surface area (Å²) in [5.41, 5.74) is 0. The van der Waals surface area contributed by atoms with Crippen molar-refractivity contribution in [1.29, 1.82) is 0 Å². The molecule has 0 aliphatic carbocycles. The lowest BCUT2D eigenvalue weighted by Gasteiger charge is -2.32. The first-order valence-corrected chi connectivity index (χ1v) is 8.10. The SMILES string of the molecule is C=CCCC(C)NC1CCN(S(C)(=O)=O)CC1. The van der Waals surface area contributed by atoms with Gasteiger partial charge < -0.3 is 5.32 Å². The minimum absolute atomic E-state index is 0.452. The summed E-state index contributed by atoms with van der Waals surface area (Å²) in [5, 5.41) is 3.56. The van der Waals surface area contributed by atoms with E-state index in [1.807, 2.05) is 6.08 Å². The Bertz CT molecular complexity index is 332. The van der Waals surface area contributed by atoms with Gasteiger partial charge in [0, 0.05) is 25.2 Å². The lowest BCUT2D eigenvalue weighted by Crippen LogP contribution is -2.46. The maximum Gasteiger partial charge on any atom is 0.211 e. The summed E-state index contributed by atoms with van der Waals surface area (Å²) in [5.74, 6) is 0. The fourth-order valence-electron chi connectivity index (χ4n) is 2.21. The Hall–Kier alpha value is -0.390. The average molecular weight is 260 g/mol. The third-order valence-corrected chi connectivity index (χ3v) is 4.55. The molecule has 100 valence electrons. The van der Waals surface area contributed by atoms with Gasteiger partial charge in [-0.1, -0.05) is 6.08 Å². The molecule has 0 amide bonds. The van der Waals surface area contributed by atoms with Crippen molar-refractivity contribution in [3.63, 3.8) is 0 Å². The minimum Gasteiger partial charge on any atom is -0.311 e. The van der Waals surface area contributed by atoms with Crippen LogP contribution in [0.3, 0.4) is 0 Å². The standard InChI is InChI=1S/C12H24N2O2S/c1-4-5-6-11(2)13-12-7-9-14(10-8-12)17(3,15)16/h4,11-13H,1,5-10H2,2-3H3. The molecular weight excluding hydrogens is 236 g/mol. The fourth-order valence-corrected chi connectivity index (χ4v) is 3.08. The van der Waals surface area contributed by atoms with Crippen molar-refractivity contribution in [2.24, 2.45) is 0 Å². The first-order chi connectivity index (χ1) is 7.93. The summed E-state index contributed by atoms with van der Waals surface area (Å²) in [6, 6.07) is 0.926. The molecular formula is C12H24N2O2S. The first-order valence-electron chi connectivity index (χ1n) is 6.25. The van der Waals surface area contributed by atoms with E-state index in [-0.39, 0.29) is 0 Å². The summed E-state index contributed by atoms with van der Waals surface area (Å²) in [7, 11) is -3.00. The quantitative estimate of drug-likeness (QED) is 0.734. The predicted molar refractivity (Wildman–Crippen MR) is 71.5 cm³/mol. The zero-order valence-electron chi connectivity index (χ0n) is 10.9. The van der Waals surface area contributed by atoms with E-state index in [1.54, 1.807) is 4.31 Å². The van der Waals surface area contributed by atoms with Gasteiger partial charge in [-0.3, -0.25) is 0 Å². The Kier molecular flexibility index (Phi) is 5.62. The molecule has 5 heteroatoms. The monoisotopic (exact) mass is 260 g/mol. The summed E-state index contributed by atoms with van der Waals surface area (Å²) >= 11 is 0.